The Morgan fingerprint density at radius 1 is 1.11 bits per heavy atom. The van der Waals surface area contributed by atoms with Gasteiger partial charge in [0.25, 0.3) is 0 Å². The summed E-state index contributed by atoms with van der Waals surface area (Å²) in [5.41, 5.74) is 2.20. The summed E-state index contributed by atoms with van der Waals surface area (Å²) < 4.78 is 0. The van der Waals surface area contributed by atoms with Gasteiger partial charge in [0, 0.05) is 6.20 Å². The van der Waals surface area contributed by atoms with Crippen molar-refractivity contribution in [1.82, 2.24) is 4.98 Å². The number of amides is 1. The Hall–Kier alpha value is -2.16. The van der Waals surface area contributed by atoms with Crippen LogP contribution in [-0.4, -0.2) is 10.9 Å². The van der Waals surface area contributed by atoms with Gasteiger partial charge in [-0.15, -0.1) is 0 Å². The number of hydrogen-bond acceptors (Lipinski definition) is 2. The third kappa shape index (κ3) is 1.82. The van der Waals surface area contributed by atoms with Crippen molar-refractivity contribution in [3.63, 3.8) is 0 Å². The number of aryl methyl sites for hydroxylation is 1. The van der Waals surface area contributed by atoms with E-state index in [1.54, 1.807) is 6.20 Å². The first-order valence-corrected chi connectivity index (χ1v) is 6.50. The number of pyridine rings is 1. The molecule has 0 radical (unpaired) electrons. The molecular weight excluding hydrogens is 236 g/mol. The van der Waals surface area contributed by atoms with Crippen LogP contribution in [-0.2, 0) is 4.79 Å². The molecule has 19 heavy (non-hydrogen) atoms. The molecule has 96 valence electrons. The lowest BCUT2D eigenvalue weighted by molar-refractivity contribution is -0.129. The van der Waals surface area contributed by atoms with Crippen molar-refractivity contribution in [3.05, 3.63) is 59.8 Å². The van der Waals surface area contributed by atoms with Gasteiger partial charge in [0.05, 0.1) is 12.0 Å². The molecule has 1 aromatic carbocycles. The van der Waals surface area contributed by atoms with E-state index >= 15 is 0 Å². The maximum atomic E-state index is 12.2. The summed E-state index contributed by atoms with van der Waals surface area (Å²) in [5.74, 6) is 0.943. The van der Waals surface area contributed by atoms with Crippen LogP contribution in [0.1, 0.15) is 24.1 Å². The predicted octanol–water partition coefficient (Wildman–Crippen LogP) is 3.11. The number of anilines is 1. The first kappa shape index (κ1) is 11.9. The molecule has 1 fully saturated rings. The molecule has 0 saturated carbocycles. The Bertz CT molecular complexity index is 609. The zero-order valence-electron chi connectivity index (χ0n) is 11.1. The number of rotatable bonds is 2. The second-order valence-electron chi connectivity index (χ2n) is 5.00. The van der Waals surface area contributed by atoms with E-state index in [2.05, 4.69) is 17.1 Å². The number of hydrogen-bond donors (Lipinski definition) is 0. The lowest BCUT2D eigenvalue weighted by Gasteiger charge is -2.45. The molecular formula is C16H16N2O. The predicted molar refractivity (Wildman–Crippen MR) is 74.8 cm³/mol. The maximum absolute atomic E-state index is 12.2. The van der Waals surface area contributed by atoms with Gasteiger partial charge in [-0.2, -0.15) is 0 Å². The van der Waals surface area contributed by atoms with Crippen molar-refractivity contribution in [2.24, 2.45) is 5.92 Å². The molecule has 0 bridgehead atoms. The fourth-order valence-corrected chi connectivity index (χ4v) is 2.69. The molecule has 1 aromatic heterocycles. The van der Waals surface area contributed by atoms with E-state index in [1.807, 2.05) is 49.1 Å². The van der Waals surface area contributed by atoms with Crippen LogP contribution in [0.4, 0.5) is 5.82 Å². The summed E-state index contributed by atoms with van der Waals surface area (Å²) in [6.07, 6.45) is 1.74. The van der Waals surface area contributed by atoms with E-state index in [9.17, 15) is 4.79 Å². The lowest BCUT2D eigenvalue weighted by atomic mass is 9.83. The van der Waals surface area contributed by atoms with E-state index in [1.165, 1.54) is 5.56 Å². The third-order valence-corrected chi connectivity index (χ3v) is 3.73. The van der Waals surface area contributed by atoms with Crippen molar-refractivity contribution in [2.75, 3.05) is 4.90 Å². The van der Waals surface area contributed by atoms with Crippen molar-refractivity contribution < 1.29 is 4.79 Å². The molecule has 1 saturated heterocycles. The highest BCUT2D eigenvalue weighted by Crippen LogP contribution is 2.43. The Morgan fingerprint density at radius 3 is 2.53 bits per heavy atom. The number of aromatic nitrogens is 1. The molecule has 1 aliphatic rings. The molecule has 0 N–H and O–H groups in total. The minimum atomic E-state index is 0.0174. The van der Waals surface area contributed by atoms with Gasteiger partial charge in [-0.1, -0.05) is 43.3 Å². The SMILES string of the molecule is Cc1cccnc1N1C(=O)C(C)C1c1ccccc1. The fraction of sp³-hybridized carbons (Fsp3) is 0.250. The number of β-lactam (4-membered cyclic amide) rings is 1. The van der Waals surface area contributed by atoms with Crippen molar-refractivity contribution in [1.29, 1.82) is 0 Å². The van der Waals surface area contributed by atoms with Gasteiger partial charge in [0.15, 0.2) is 0 Å². The summed E-state index contributed by atoms with van der Waals surface area (Å²) in [7, 11) is 0. The minimum Gasteiger partial charge on any atom is -0.288 e. The second kappa shape index (κ2) is 4.50. The summed E-state index contributed by atoms with van der Waals surface area (Å²) in [5, 5.41) is 0. The number of benzene rings is 1. The van der Waals surface area contributed by atoms with Gasteiger partial charge in [0.2, 0.25) is 5.91 Å². The van der Waals surface area contributed by atoms with Crippen LogP contribution in [0.25, 0.3) is 0 Å². The van der Waals surface area contributed by atoms with Crippen LogP contribution in [0, 0.1) is 12.8 Å². The number of carbonyl (C=O) groups is 1. The van der Waals surface area contributed by atoms with Gasteiger partial charge >= 0.3 is 0 Å². The number of carbonyl (C=O) groups excluding carboxylic acids is 1. The van der Waals surface area contributed by atoms with Crippen LogP contribution < -0.4 is 4.90 Å². The van der Waals surface area contributed by atoms with Crippen molar-refractivity contribution in [3.8, 4) is 0 Å². The first-order chi connectivity index (χ1) is 9.20. The van der Waals surface area contributed by atoms with Gasteiger partial charge in [0.1, 0.15) is 5.82 Å². The maximum Gasteiger partial charge on any atom is 0.234 e. The Kier molecular flexibility index (Phi) is 2.82. The molecule has 3 nitrogen and oxygen atoms in total. The lowest BCUT2D eigenvalue weighted by Crippen LogP contribution is -2.54. The minimum absolute atomic E-state index is 0.0174. The molecule has 0 spiro atoms. The fourth-order valence-electron chi connectivity index (χ4n) is 2.69. The van der Waals surface area contributed by atoms with Crippen LogP contribution >= 0.6 is 0 Å². The van der Waals surface area contributed by atoms with E-state index in [0.29, 0.717) is 0 Å². The van der Waals surface area contributed by atoms with Crippen LogP contribution in [0.5, 0.6) is 0 Å². The van der Waals surface area contributed by atoms with E-state index < -0.39 is 0 Å². The largest absolute Gasteiger partial charge is 0.288 e. The highest BCUT2D eigenvalue weighted by molar-refractivity contribution is 6.02. The summed E-state index contributed by atoms with van der Waals surface area (Å²) >= 11 is 0. The highest BCUT2D eigenvalue weighted by Gasteiger charge is 2.46. The highest BCUT2D eigenvalue weighted by atomic mass is 16.2. The second-order valence-corrected chi connectivity index (χ2v) is 5.00. The van der Waals surface area contributed by atoms with Crippen LogP contribution in [0.2, 0.25) is 0 Å². The van der Waals surface area contributed by atoms with Gasteiger partial charge in [-0.05, 0) is 24.1 Å². The Labute approximate surface area is 112 Å². The monoisotopic (exact) mass is 252 g/mol. The quantitative estimate of drug-likeness (QED) is 0.769. The normalized spacial score (nSPS) is 22.2. The molecule has 2 unspecified atom stereocenters. The summed E-state index contributed by atoms with van der Waals surface area (Å²) in [6, 6.07) is 14.1. The Balaban J connectivity index is 2.01. The van der Waals surface area contributed by atoms with E-state index in [-0.39, 0.29) is 17.9 Å². The Morgan fingerprint density at radius 2 is 1.84 bits per heavy atom. The van der Waals surface area contributed by atoms with Gasteiger partial charge < -0.3 is 0 Å². The molecule has 2 aromatic rings. The number of nitrogens with zero attached hydrogens (tertiary/aromatic N) is 2. The van der Waals surface area contributed by atoms with E-state index in [4.69, 9.17) is 0 Å². The third-order valence-electron chi connectivity index (χ3n) is 3.73. The average molecular weight is 252 g/mol. The molecule has 2 atom stereocenters. The van der Waals surface area contributed by atoms with Crippen LogP contribution in [0.3, 0.4) is 0 Å². The van der Waals surface area contributed by atoms with E-state index in [0.717, 1.165) is 11.4 Å². The zero-order chi connectivity index (χ0) is 13.4. The first-order valence-electron chi connectivity index (χ1n) is 6.50. The molecule has 1 aliphatic heterocycles. The van der Waals surface area contributed by atoms with Gasteiger partial charge in [-0.3, -0.25) is 9.69 Å². The topological polar surface area (TPSA) is 33.2 Å². The summed E-state index contributed by atoms with van der Waals surface area (Å²) in [6.45, 7) is 3.97. The molecule has 1 amide bonds. The smallest absolute Gasteiger partial charge is 0.234 e. The molecule has 0 aliphatic carbocycles. The molecule has 3 heteroatoms. The zero-order valence-corrected chi connectivity index (χ0v) is 11.1. The summed E-state index contributed by atoms with van der Waals surface area (Å²) in [4.78, 5) is 18.4. The standard InChI is InChI=1S/C16H16N2O/c1-11-7-6-10-17-15(11)18-14(12(2)16(18)19)13-8-4-3-5-9-13/h3-10,12,14H,1-2H3. The van der Waals surface area contributed by atoms with Crippen molar-refractivity contribution in [2.45, 2.75) is 19.9 Å². The van der Waals surface area contributed by atoms with Crippen LogP contribution in [0.15, 0.2) is 48.7 Å². The van der Waals surface area contributed by atoms with Crippen molar-refractivity contribution >= 4 is 11.7 Å². The average Bonchev–Trinajstić information content (AvgIpc) is 2.46. The molecule has 2 heterocycles. The molecule has 3 rings (SSSR count). The van der Waals surface area contributed by atoms with Gasteiger partial charge in [-0.25, -0.2) is 4.98 Å².